The lowest BCUT2D eigenvalue weighted by Crippen LogP contribution is -2.23. The molecule has 0 amide bonds. The van der Waals surface area contributed by atoms with E-state index in [1.54, 1.807) is 24.3 Å². The minimum absolute atomic E-state index is 0.0310. The molecule has 2 fully saturated rings. The van der Waals surface area contributed by atoms with E-state index in [4.69, 9.17) is 14.5 Å². The maximum atomic E-state index is 13.6. The van der Waals surface area contributed by atoms with Gasteiger partial charge in [0.2, 0.25) is 5.88 Å². The number of carboxylic acid groups (broad SMARTS) is 1. The van der Waals surface area contributed by atoms with E-state index < -0.39 is 11.4 Å². The van der Waals surface area contributed by atoms with Crippen LogP contribution in [0.4, 0.5) is 4.39 Å². The zero-order chi connectivity index (χ0) is 22.3. The highest BCUT2D eigenvalue weighted by Crippen LogP contribution is 2.47. The summed E-state index contributed by atoms with van der Waals surface area (Å²) in [6.45, 7) is 1.28. The van der Waals surface area contributed by atoms with Crippen LogP contribution in [0.1, 0.15) is 37.3 Å². The molecule has 3 aromatic rings. The lowest BCUT2D eigenvalue weighted by atomic mass is 9.87. The van der Waals surface area contributed by atoms with Crippen molar-refractivity contribution in [3.8, 4) is 22.8 Å². The third-order valence-corrected chi connectivity index (χ3v) is 6.51. The van der Waals surface area contributed by atoms with Crippen LogP contribution in [-0.4, -0.2) is 41.0 Å². The van der Waals surface area contributed by atoms with E-state index in [0.29, 0.717) is 37.3 Å². The summed E-state index contributed by atoms with van der Waals surface area (Å²) in [5.41, 5.74) is 1.66. The molecule has 2 N–H and O–H groups in total. The van der Waals surface area contributed by atoms with Crippen LogP contribution in [0.3, 0.4) is 0 Å². The number of aromatic hydroxyl groups is 1. The molecule has 0 bridgehead atoms. The third kappa shape index (κ3) is 3.77. The average Bonchev–Trinajstić information content (AvgIpc) is 3.60. The van der Waals surface area contributed by atoms with Gasteiger partial charge in [-0.15, -0.1) is 0 Å². The number of nitrogens with zero attached hydrogens (tertiary/aromatic N) is 1. The van der Waals surface area contributed by atoms with E-state index in [1.807, 2.05) is 6.07 Å². The van der Waals surface area contributed by atoms with Crippen LogP contribution in [0.2, 0.25) is 0 Å². The smallest absolute Gasteiger partial charge is 0.313 e. The van der Waals surface area contributed by atoms with Crippen LogP contribution in [0.15, 0.2) is 42.5 Å². The molecule has 2 heterocycles. The number of fused-ring (bicyclic) bond motifs is 1. The molecule has 0 spiro atoms. The van der Waals surface area contributed by atoms with Crippen LogP contribution in [0.5, 0.6) is 11.6 Å². The maximum absolute atomic E-state index is 13.6. The third-order valence-electron chi connectivity index (χ3n) is 6.51. The quantitative estimate of drug-likeness (QED) is 0.571. The minimum atomic E-state index is -0.864. The van der Waals surface area contributed by atoms with Gasteiger partial charge in [0.05, 0.1) is 5.69 Å². The molecule has 1 aromatic heterocycles. The summed E-state index contributed by atoms with van der Waals surface area (Å²) in [4.78, 5) is 16.5. The number of rotatable bonds is 6. The number of phenols is 1. The molecule has 32 heavy (non-hydrogen) atoms. The summed E-state index contributed by atoms with van der Waals surface area (Å²) in [6.07, 6.45) is 2.74. The van der Waals surface area contributed by atoms with Gasteiger partial charge in [0.25, 0.3) is 0 Å². The summed E-state index contributed by atoms with van der Waals surface area (Å²) < 4.78 is 25.2. The molecule has 2 aliphatic rings. The average molecular weight is 437 g/mol. The lowest BCUT2D eigenvalue weighted by Gasteiger charge is -2.26. The maximum Gasteiger partial charge on any atom is 0.313 e. The fourth-order valence-corrected chi connectivity index (χ4v) is 4.36. The van der Waals surface area contributed by atoms with Crippen molar-refractivity contribution in [3.05, 3.63) is 54.0 Å². The fraction of sp³-hybridized carbons (Fsp3) is 0.360. The molecular formula is C25H24FNO5. The van der Waals surface area contributed by atoms with Gasteiger partial charge in [-0.2, -0.15) is 0 Å². The van der Waals surface area contributed by atoms with Gasteiger partial charge in [-0.25, -0.2) is 9.37 Å². The molecule has 1 saturated heterocycles. The second-order valence-corrected chi connectivity index (χ2v) is 8.67. The van der Waals surface area contributed by atoms with Gasteiger partial charge < -0.3 is 19.7 Å². The Kier molecular flexibility index (Phi) is 5.21. The van der Waals surface area contributed by atoms with Crippen molar-refractivity contribution in [1.29, 1.82) is 0 Å². The number of carboxylic acids is 1. The van der Waals surface area contributed by atoms with Crippen LogP contribution < -0.4 is 4.74 Å². The summed E-state index contributed by atoms with van der Waals surface area (Å²) in [7, 11) is 0. The molecule has 0 unspecified atom stereocenters. The number of hydrogen-bond acceptors (Lipinski definition) is 5. The summed E-state index contributed by atoms with van der Waals surface area (Å²) >= 11 is 0. The van der Waals surface area contributed by atoms with Crippen molar-refractivity contribution in [2.75, 3.05) is 19.8 Å². The molecule has 1 saturated carbocycles. The number of phenolic OH excluding ortho intramolecular Hbond substituents is 1. The van der Waals surface area contributed by atoms with E-state index >= 15 is 0 Å². The van der Waals surface area contributed by atoms with Gasteiger partial charge in [0.15, 0.2) is 0 Å². The summed E-state index contributed by atoms with van der Waals surface area (Å²) in [5.74, 6) is -0.682. The van der Waals surface area contributed by atoms with Crippen LogP contribution in [-0.2, 0) is 9.53 Å². The second-order valence-electron chi connectivity index (χ2n) is 8.67. The first kappa shape index (κ1) is 20.7. The largest absolute Gasteiger partial charge is 0.508 e. The van der Waals surface area contributed by atoms with Crippen LogP contribution >= 0.6 is 0 Å². The molecule has 0 atom stereocenters. The second kappa shape index (κ2) is 8.06. The van der Waals surface area contributed by atoms with Crippen molar-refractivity contribution >= 4 is 16.7 Å². The Morgan fingerprint density at radius 2 is 1.84 bits per heavy atom. The number of hydrogen-bond donors (Lipinski definition) is 2. The Labute approximate surface area is 184 Å². The van der Waals surface area contributed by atoms with Gasteiger partial charge in [-0.1, -0.05) is 12.1 Å². The summed E-state index contributed by atoms with van der Waals surface area (Å²) in [5, 5.41) is 21.1. The van der Waals surface area contributed by atoms with E-state index in [9.17, 15) is 19.4 Å². The number of ether oxygens (including phenoxy) is 2. The van der Waals surface area contributed by atoms with Crippen molar-refractivity contribution in [3.63, 3.8) is 0 Å². The summed E-state index contributed by atoms with van der Waals surface area (Å²) in [6, 6.07) is 11.3. The Balaban J connectivity index is 1.68. The molecule has 1 aliphatic carbocycles. The zero-order valence-electron chi connectivity index (χ0n) is 17.5. The molecule has 2 aromatic carbocycles. The van der Waals surface area contributed by atoms with Crippen LogP contribution in [0, 0.1) is 11.2 Å². The highest BCUT2D eigenvalue weighted by atomic mass is 19.1. The number of aliphatic carboxylic acids is 1. The minimum Gasteiger partial charge on any atom is -0.508 e. The number of halogens is 1. The molecule has 166 valence electrons. The first-order valence-electron chi connectivity index (χ1n) is 10.8. The number of carbonyl (C=O) groups is 1. The number of aromatic nitrogens is 1. The monoisotopic (exact) mass is 437 g/mol. The highest BCUT2D eigenvalue weighted by molar-refractivity contribution is 6.01. The number of pyridine rings is 1. The molecule has 0 radical (unpaired) electrons. The lowest BCUT2D eigenvalue weighted by molar-refractivity contribution is -0.144. The van der Waals surface area contributed by atoms with Crippen molar-refractivity contribution < 1.29 is 28.9 Å². The van der Waals surface area contributed by atoms with E-state index in [2.05, 4.69) is 0 Å². The van der Waals surface area contributed by atoms with E-state index in [0.717, 1.165) is 35.0 Å². The Morgan fingerprint density at radius 3 is 2.50 bits per heavy atom. The van der Waals surface area contributed by atoms with Crippen molar-refractivity contribution in [1.82, 2.24) is 4.98 Å². The highest BCUT2D eigenvalue weighted by Gasteiger charge is 2.51. The molecular weight excluding hydrogens is 413 g/mol. The predicted molar refractivity (Wildman–Crippen MR) is 116 cm³/mol. The molecule has 1 aliphatic heterocycles. The van der Waals surface area contributed by atoms with Gasteiger partial charge in [-0.05, 0) is 67.0 Å². The van der Waals surface area contributed by atoms with Gasteiger partial charge in [0.1, 0.15) is 23.6 Å². The first-order chi connectivity index (χ1) is 15.5. The van der Waals surface area contributed by atoms with Gasteiger partial charge in [0, 0.05) is 30.1 Å². The van der Waals surface area contributed by atoms with Gasteiger partial charge >= 0.3 is 5.97 Å². The SMILES string of the molecule is O=C(O)C1(COc2nc(C3CCOCC3)c(-c3ccc(F)cc3)c3ccc(O)cc23)CC1. The zero-order valence-corrected chi connectivity index (χ0v) is 17.5. The Bertz CT molecular complexity index is 1170. The van der Waals surface area contributed by atoms with Crippen LogP contribution in [0.25, 0.3) is 21.9 Å². The number of benzene rings is 2. The Morgan fingerprint density at radius 1 is 1.12 bits per heavy atom. The Hall–Kier alpha value is -3.19. The predicted octanol–water partition coefficient (Wildman–Crippen LogP) is 4.88. The molecule has 7 heteroatoms. The fourth-order valence-electron chi connectivity index (χ4n) is 4.36. The first-order valence-corrected chi connectivity index (χ1v) is 10.8. The van der Waals surface area contributed by atoms with Crippen molar-refractivity contribution in [2.45, 2.75) is 31.6 Å². The molecule has 6 nitrogen and oxygen atoms in total. The standard InChI is InChI=1S/C25H24FNO5/c26-17-3-1-15(2-4-17)21-19-6-5-18(28)13-20(19)23(32-14-25(9-10-25)24(29)30)27-22(21)16-7-11-31-12-8-16/h1-6,13,16,28H,7-12,14H2,(H,29,30). The van der Waals surface area contributed by atoms with Gasteiger partial charge in [-0.3, -0.25) is 4.79 Å². The normalized spacial score (nSPS) is 17.9. The topological polar surface area (TPSA) is 88.9 Å². The van der Waals surface area contributed by atoms with E-state index in [-0.39, 0.29) is 24.1 Å². The van der Waals surface area contributed by atoms with E-state index in [1.165, 1.54) is 12.1 Å². The van der Waals surface area contributed by atoms with Crippen molar-refractivity contribution in [2.24, 2.45) is 5.41 Å². The molecule has 5 rings (SSSR count).